The maximum absolute atomic E-state index is 13.2. The van der Waals surface area contributed by atoms with Gasteiger partial charge in [0, 0.05) is 37.6 Å². The highest BCUT2D eigenvalue weighted by molar-refractivity contribution is 7.90. The molecule has 0 unspecified atom stereocenters. The van der Waals surface area contributed by atoms with E-state index in [1.54, 1.807) is 23.5 Å². The number of unbranched alkanes of at least 4 members (excludes halogenated alkanes) is 1. The van der Waals surface area contributed by atoms with Crippen molar-refractivity contribution in [3.8, 4) is 11.1 Å². The van der Waals surface area contributed by atoms with Crippen molar-refractivity contribution in [3.63, 3.8) is 0 Å². The van der Waals surface area contributed by atoms with Gasteiger partial charge in [0.05, 0.1) is 25.0 Å². The molecular formula is C38H43N5O6S2. The normalized spacial score (nSPS) is 22.2. The maximum atomic E-state index is 13.2. The zero-order valence-corrected chi connectivity index (χ0v) is 30.3. The average Bonchev–Trinajstić information content (AvgIpc) is 3.51. The Labute approximate surface area is 301 Å². The van der Waals surface area contributed by atoms with E-state index in [9.17, 15) is 28.1 Å². The number of aromatic nitrogens is 1. The summed E-state index contributed by atoms with van der Waals surface area (Å²) in [6.07, 6.45) is 10.3. The largest absolute Gasteiger partial charge is 0.379 e. The van der Waals surface area contributed by atoms with Crippen LogP contribution in [0.5, 0.6) is 0 Å². The van der Waals surface area contributed by atoms with Crippen molar-refractivity contribution >= 4 is 54.8 Å². The summed E-state index contributed by atoms with van der Waals surface area (Å²) in [6.45, 7) is 3.40. The van der Waals surface area contributed by atoms with Crippen LogP contribution in [0.1, 0.15) is 80.1 Å². The Bertz CT molecular complexity index is 2040. The van der Waals surface area contributed by atoms with Crippen LogP contribution in [0.4, 0.5) is 11.4 Å². The molecule has 0 saturated heterocycles. The summed E-state index contributed by atoms with van der Waals surface area (Å²) in [5.41, 5.74) is 2.72. The second-order valence-corrected chi connectivity index (χ2v) is 17.5. The number of nitro groups is 1. The average molecular weight is 730 g/mol. The number of hydrogen-bond acceptors (Lipinski definition) is 9. The number of rotatable bonds is 14. The van der Waals surface area contributed by atoms with Crippen molar-refractivity contribution in [2.75, 3.05) is 18.4 Å². The first-order valence-electron chi connectivity index (χ1n) is 17.9. The van der Waals surface area contributed by atoms with Crippen molar-refractivity contribution in [1.29, 1.82) is 0 Å². The molecule has 11 nitrogen and oxygen atoms in total. The molecule has 4 aliphatic rings. The summed E-state index contributed by atoms with van der Waals surface area (Å²) >= 11 is 1.56. The molecule has 8 rings (SSSR count). The van der Waals surface area contributed by atoms with Gasteiger partial charge in [-0.1, -0.05) is 31.5 Å². The number of amides is 2. The van der Waals surface area contributed by atoms with Crippen LogP contribution in [0.3, 0.4) is 0 Å². The lowest BCUT2D eigenvalue weighted by Crippen LogP contribution is -2.49. The van der Waals surface area contributed by atoms with E-state index in [0.29, 0.717) is 25.9 Å². The number of aryl methyl sites for hydroxylation is 1. The van der Waals surface area contributed by atoms with Gasteiger partial charge in [-0.2, -0.15) is 0 Å². The molecule has 3 aromatic carbocycles. The Morgan fingerprint density at radius 2 is 1.65 bits per heavy atom. The fourth-order valence-electron chi connectivity index (χ4n) is 8.80. The smallest absolute Gasteiger partial charge is 0.293 e. The lowest BCUT2D eigenvalue weighted by Gasteiger charge is -2.57. The number of thiazole rings is 1. The summed E-state index contributed by atoms with van der Waals surface area (Å²) in [4.78, 5) is 41.0. The zero-order valence-electron chi connectivity index (χ0n) is 28.7. The van der Waals surface area contributed by atoms with E-state index in [-0.39, 0.29) is 33.2 Å². The second-order valence-electron chi connectivity index (χ2n) is 14.7. The first kappa shape index (κ1) is 35.1. The Kier molecular flexibility index (Phi) is 9.86. The summed E-state index contributed by atoms with van der Waals surface area (Å²) in [7, 11) is -4.40. The van der Waals surface area contributed by atoms with Crippen molar-refractivity contribution in [2.24, 2.45) is 23.2 Å². The van der Waals surface area contributed by atoms with Gasteiger partial charge in [-0.05, 0) is 116 Å². The van der Waals surface area contributed by atoms with Gasteiger partial charge in [0.15, 0.2) is 0 Å². The van der Waals surface area contributed by atoms with E-state index in [4.69, 9.17) is 4.98 Å². The zero-order chi connectivity index (χ0) is 35.8. The van der Waals surface area contributed by atoms with Crippen LogP contribution in [-0.4, -0.2) is 43.2 Å². The van der Waals surface area contributed by atoms with Crippen molar-refractivity contribution in [3.05, 3.63) is 81.3 Å². The van der Waals surface area contributed by atoms with E-state index >= 15 is 0 Å². The van der Waals surface area contributed by atoms with E-state index in [1.807, 2.05) is 18.2 Å². The monoisotopic (exact) mass is 729 g/mol. The van der Waals surface area contributed by atoms with Gasteiger partial charge in [-0.3, -0.25) is 19.7 Å². The summed E-state index contributed by atoms with van der Waals surface area (Å²) in [5.74, 6) is 1.42. The first-order chi connectivity index (χ1) is 24.5. The van der Waals surface area contributed by atoms with Gasteiger partial charge >= 0.3 is 0 Å². The van der Waals surface area contributed by atoms with Crippen LogP contribution in [0.15, 0.2) is 65.6 Å². The first-order valence-corrected chi connectivity index (χ1v) is 20.2. The van der Waals surface area contributed by atoms with Gasteiger partial charge in [0.2, 0.25) is 5.91 Å². The van der Waals surface area contributed by atoms with Crippen LogP contribution in [0.25, 0.3) is 21.3 Å². The summed E-state index contributed by atoms with van der Waals surface area (Å²) < 4.78 is 29.6. The summed E-state index contributed by atoms with van der Waals surface area (Å²) in [5, 5.41) is 19.2. The van der Waals surface area contributed by atoms with E-state index in [1.165, 1.54) is 43.5 Å². The lowest BCUT2D eigenvalue weighted by atomic mass is 9.49. The number of nitrogens with zero attached hydrogens (tertiary/aromatic N) is 2. The highest BCUT2D eigenvalue weighted by atomic mass is 32.2. The molecule has 268 valence electrons. The Hall–Kier alpha value is -4.36. The number of fused-ring (bicyclic) bond motifs is 1. The molecule has 2 amide bonds. The Morgan fingerprint density at radius 3 is 2.31 bits per heavy atom. The molecule has 4 aromatic rings. The number of nitrogens with one attached hydrogen (secondary N) is 3. The van der Waals surface area contributed by atoms with Crippen LogP contribution in [0, 0.1) is 33.3 Å². The van der Waals surface area contributed by atoms with Gasteiger partial charge in [0.1, 0.15) is 5.69 Å². The predicted octanol–water partition coefficient (Wildman–Crippen LogP) is 7.47. The number of anilines is 1. The molecule has 4 fully saturated rings. The topological polar surface area (TPSA) is 160 Å². The van der Waals surface area contributed by atoms with Crippen LogP contribution >= 0.6 is 11.3 Å². The minimum atomic E-state index is -4.40. The van der Waals surface area contributed by atoms with Crippen molar-refractivity contribution in [1.82, 2.24) is 15.0 Å². The standard InChI is InChI=1S/C38H43N5O6S2/c1-2-3-14-39-35(44)12-13-36-41-32-18-29(8-11-34(32)50-36)27-4-6-28(7-5-27)37(45)42-51(48,49)30-9-10-31(33(19-30)43(46)47)40-23-38-20-24-15-25(21-38)17-26(16-24)22-38/h4-11,18-19,24-26,40H,2-3,12-17,20-23H2,1H3,(H,39,44)(H,42,45). The quantitative estimate of drug-likeness (QED) is 0.0685. The third kappa shape index (κ3) is 7.79. The van der Waals surface area contributed by atoms with Gasteiger partial charge in [-0.15, -0.1) is 11.3 Å². The SMILES string of the molecule is CCCCNC(=O)CCc1nc2cc(-c3ccc(C(=O)NS(=O)(=O)c4ccc(NCC56CC7CC(CC(C7)C5)C6)c([N+](=O)[O-])c4)cc3)ccc2s1. The number of sulfonamides is 1. The minimum Gasteiger partial charge on any atom is -0.379 e. The molecule has 13 heteroatoms. The third-order valence-corrected chi connectivity index (χ3v) is 13.3. The van der Waals surface area contributed by atoms with E-state index in [2.05, 4.69) is 22.3 Å². The van der Waals surface area contributed by atoms with Crippen LogP contribution in [-0.2, 0) is 21.2 Å². The van der Waals surface area contributed by atoms with Crippen molar-refractivity contribution in [2.45, 2.75) is 76.0 Å². The molecule has 0 aliphatic heterocycles. The molecule has 0 radical (unpaired) electrons. The lowest BCUT2D eigenvalue weighted by molar-refractivity contribution is -0.384. The number of carbonyl (C=O) groups excluding carboxylic acids is 2. The Morgan fingerprint density at radius 1 is 0.961 bits per heavy atom. The predicted molar refractivity (Wildman–Crippen MR) is 198 cm³/mol. The maximum Gasteiger partial charge on any atom is 0.293 e. The molecular weight excluding hydrogens is 687 g/mol. The van der Waals surface area contributed by atoms with Crippen molar-refractivity contribution < 1.29 is 22.9 Å². The number of benzene rings is 3. The molecule has 4 bridgehead atoms. The molecule has 4 saturated carbocycles. The minimum absolute atomic E-state index is 0.0225. The van der Waals surface area contributed by atoms with Gasteiger partial charge in [0.25, 0.3) is 21.6 Å². The number of carbonyl (C=O) groups is 2. The molecule has 4 aliphatic carbocycles. The van der Waals surface area contributed by atoms with E-state index in [0.717, 1.165) is 82.3 Å². The highest BCUT2D eigenvalue weighted by Crippen LogP contribution is 2.60. The number of nitro benzene ring substituents is 1. The summed E-state index contributed by atoms with van der Waals surface area (Å²) in [6, 6.07) is 16.2. The third-order valence-electron chi connectivity index (χ3n) is 10.9. The molecule has 1 aromatic heterocycles. The highest BCUT2D eigenvalue weighted by Gasteiger charge is 2.50. The van der Waals surface area contributed by atoms with Crippen LogP contribution < -0.4 is 15.4 Å². The van der Waals surface area contributed by atoms with Gasteiger partial charge < -0.3 is 10.6 Å². The molecule has 0 spiro atoms. The van der Waals surface area contributed by atoms with Gasteiger partial charge in [-0.25, -0.2) is 18.1 Å². The van der Waals surface area contributed by atoms with Crippen LogP contribution in [0.2, 0.25) is 0 Å². The molecule has 51 heavy (non-hydrogen) atoms. The fourth-order valence-corrected chi connectivity index (χ4v) is 10.7. The van der Waals surface area contributed by atoms with E-state index < -0.39 is 20.9 Å². The molecule has 3 N–H and O–H groups in total. The number of hydrogen-bond donors (Lipinski definition) is 3. The fraction of sp³-hybridized carbons (Fsp3) is 0.447. The molecule has 1 heterocycles. The second kappa shape index (κ2) is 14.3. The Balaban J connectivity index is 0.985. The molecule has 0 atom stereocenters.